The van der Waals surface area contributed by atoms with Crippen molar-refractivity contribution < 1.29 is 80.9 Å². The summed E-state index contributed by atoms with van der Waals surface area (Å²) in [5.41, 5.74) is 2.75. The topological polar surface area (TPSA) is 212 Å². The molecule has 5 rings (SSSR count). The first kappa shape index (κ1) is 86.1. The smallest absolute Gasteiger partial charge is 0.305 e. The summed E-state index contributed by atoms with van der Waals surface area (Å²) in [5.74, 6) is 2.42. The molecule has 17 nitrogen and oxygen atoms in total. The maximum absolute atomic E-state index is 13.5. The van der Waals surface area contributed by atoms with Gasteiger partial charge in [0, 0.05) is 63.9 Å². The fourth-order valence-electron chi connectivity index (χ4n) is 16.2. The Kier molecular flexibility index (Phi) is 38.5. The van der Waals surface area contributed by atoms with Gasteiger partial charge in [0.25, 0.3) is 0 Å². The molecule has 1 saturated carbocycles. The Morgan fingerprint density at radius 3 is 1.47 bits per heavy atom. The Labute approximate surface area is 612 Å². The number of carbonyl (C=O) groups is 7. The molecule has 6 atom stereocenters. The van der Waals surface area contributed by atoms with Crippen molar-refractivity contribution in [2.45, 2.75) is 279 Å². The monoisotopic (exact) mass is 1420 g/mol. The van der Waals surface area contributed by atoms with E-state index in [-0.39, 0.29) is 67.1 Å². The number of aldehydes is 1. The average molecular weight is 1420 g/mol. The highest BCUT2D eigenvalue weighted by atomic mass is 16.7. The van der Waals surface area contributed by atoms with Gasteiger partial charge in [-0.2, -0.15) is 0 Å². The standard InChI is InChI=1S/C85H128O17/c1-14-15-20-29-67(79(62(4)5)63(6)7)46-48-83(53-54-85(68-34-40-72(93-11)41-35-68,69-36-42-73(94-12)43-37-69)70-38-44-74(95-13)45-39-70)49-51-84(60-86,52-50-83)47-25-17-16-21-30-71(90)31-22-18-26-55-96-77(91)32-23-19-27-56-97-78(92)33-24-28-57-98-82-75(58-61(2)3)80(100-65(9)88)81(101-66(10)89)76(102-82)59-99-64(8)87/h14,34-45,60-63,67,75-76,79-82H,1,15-33,46-59H2,2-13H3/t67?,75-,76-,80-,81+,82-,83?,84?/m1/s1. The zero-order chi connectivity index (χ0) is 74.5. The molecule has 17 heteroatoms. The highest BCUT2D eigenvalue weighted by Gasteiger charge is 2.51. The molecule has 2 aliphatic rings. The number of carbonyl (C=O) groups excluding carboxylic acids is 7. The summed E-state index contributed by atoms with van der Waals surface area (Å²) in [6, 6.07) is 25.9. The van der Waals surface area contributed by atoms with Crippen LogP contribution in [0.4, 0.5) is 0 Å². The molecule has 2 fully saturated rings. The zero-order valence-electron chi connectivity index (χ0n) is 64.3. The van der Waals surface area contributed by atoms with Gasteiger partial charge in [0.05, 0.1) is 40.5 Å². The Bertz CT molecular complexity index is 2820. The molecule has 1 aliphatic heterocycles. The number of esters is 5. The fourth-order valence-corrected chi connectivity index (χ4v) is 16.2. The van der Waals surface area contributed by atoms with E-state index < -0.39 is 53.8 Å². The number of unbranched alkanes of at least 4 members (excludes halogenated alkanes) is 9. The van der Waals surface area contributed by atoms with Gasteiger partial charge in [-0.1, -0.05) is 103 Å². The van der Waals surface area contributed by atoms with Gasteiger partial charge in [-0.25, -0.2) is 0 Å². The van der Waals surface area contributed by atoms with Crippen LogP contribution in [0.3, 0.4) is 0 Å². The van der Waals surface area contributed by atoms with Crippen LogP contribution in [-0.4, -0.2) is 114 Å². The molecule has 0 spiro atoms. The minimum absolute atomic E-state index is 0.0255. The Morgan fingerprint density at radius 2 is 1.01 bits per heavy atom. The maximum Gasteiger partial charge on any atom is 0.305 e. The largest absolute Gasteiger partial charge is 0.497 e. The summed E-state index contributed by atoms with van der Waals surface area (Å²) in [7, 11) is 5.14. The van der Waals surface area contributed by atoms with Crippen molar-refractivity contribution in [1.29, 1.82) is 0 Å². The summed E-state index contributed by atoms with van der Waals surface area (Å²) in [6.07, 6.45) is 22.9. The van der Waals surface area contributed by atoms with Crippen LogP contribution in [0.5, 0.6) is 17.2 Å². The van der Waals surface area contributed by atoms with Gasteiger partial charge in [0.15, 0.2) is 12.4 Å². The highest BCUT2D eigenvalue weighted by molar-refractivity contribution is 5.78. The Morgan fingerprint density at radius 1 is 0.539 bits per heavy atom. The third-order valence-corrected chi connectivity index (χ3v) is 21.6. The Hall–Kier alpha value is -6.59. The summed E-state index contributed by atoms with van der Waals surface area (Å²) in [5, 5.41) is 0. The Balaban J connectivity index is 1.02. The minimum Gasteiger partial charge on any atom is -0.497 e. The first-order valence-corrected chi connectivity index (χ1v) is 38.6. The summed E-state index contributed by atoms with van der Waals surface area (Å²) >= 11 is 0. The molecule has 0 aromatic heterocycles. The van der Waals surface area contributed by atoms with Crippen LogP contribution in [0.1, 0.15) is 265 Å². The maximum atomic E-state index is 13.5. The number of ketones is 1. The van der Waals surface area contributed by atoms with Gasteiger partial charge >= 0.3 is 29.8 Å². The molecule has 570 valence electrons. The molecule has 102 heavy (non-hydrogen) atoms. The van der Waals surface area contributed by atoms with Crippen LogP contribution in [0.2, 0.25) is 0 Å². The third kappa shape index (κ3) is 28.5. The van der Waals surface area contributed by atoms with Gasteiger partial charge in [-0.05, 0) is 229 Å². The quantitative estimate of drug-likeness (QED) is 0.0128. The number of methoxy groups -OCH3 is 3. The molecule has 0 N–H and O–H groups in total. The lowest BCUT2D eigenvalue weighted by molar-refractivity contribution is -0.294. The second-order valence-electron chi connectivity index (χ2n) is 30.3. The molecule has 1 saturated heterocycles. The van der Waals surface area contributed by atoms with Crippen molar-refractivity contribution in [1.82, 2.24) is 0 Å². The van der Waals surface area contributed by atoms with Gasteiger partial charge in [0.1, 0.15) is 48.1 Å². The van der Waals surface area contributed by atoms with E-state index in [0.717, 1.165) is 126 Å². The lowest BCUT2D eigenvalue weighted by atomic mass is 9.56. The number of hydrogen-bond acceptors (Lipinski definition) is 17. The van der Waals surface area contributed by atoms with E-state index in [0.29, 0.717) is 88.1 Å². The van der Waals surface area contributed by atoms with Crippen molar-refractivity contribution in [3.8, 4) is 17.2 Å². The SMILES string of the molecule is C=CCCCC(CCC1(CCC(c2ccc(OC)cc2)(c2ccc(OC)cc2)c2ccc(OC)cc2)CCC(C=O)(CCCCCCC(=O)CCCCCOC(=O)CCCCCOC(=O)CCCCO[C@@H]2O[C@H](COC(C)=O)[C@H](OC(C)=O)[C@H](OC(C)=O)[C@H]2CC(C)C)CC1)C(C(C)C)C(C)C. The number of benzene rings is 3. The molecule has 1 heterocycles. The summed E-state index contributed by atoms with van der Waals surface area (Å²) in [4.78, 5) is 87.5. The lowest BCUT2D eigenvalue weighted by Gasteiger charge is -2.48. The zero-order valence-corrected chi connectivity index (χ0v) is 64.3. The van der Waals surface area contributed by atoms with Crippen LogP contribution in [-0.2, 0) is 72.1 Å². The molecule has 3 aromatic rings. The van der Waals surface area contributed by atoms with Crippen LogP contribution in [0.15, 0.2) is 85.5 Å². The number of hydrogen-bond donors (Lipinski definition) is 0. The van der Waals surface area contributed by atoms with Gasteiger partial charge in [-0.15, -0.1) is 6.58 Å². The van der Waals surface area contributed by atoms with E-state index in [1.54, 1.807) is 21.3 Å². The average Bonchev–Trinajstić information content (AvgIpc) is 0.752. The van der Waals surface area contributed by atoms with E-state index in [1.807, 2.05) is 13.8 Å². The molecule has 1 aliphatic carbocycles. The van der Waals surface area contributed by atoms with Crippen molar-refractivity contribution in [3.05, 3.63) is 102 Å². The predicted octanol–water partition coefficient (Wildman–Crippen LogP) is 18.4. The highest BCUT2D eigenvalue weighted by Crippen LogP contribution is 2.56. The first-order chi connectivity index (χ1) is 49.0. The van der Waals surface area contributed by atoms with Crippen molar-refractivity contribution in [2.75, 3.05) is 47.8 Å². The molecule has 0 amide bonds. The molecular formula is C85H128O17. The van der Waals surface area contributed by atoms with E-state index in [4.69, 9.17) is 47.4 Å². The van der Waals surface area contributed by atoms with E-state index in [9.17, 15) is 33.6 Å². The fraction of sp³-hybridized carbons (Fsp3) is 0.682. The van der Waals surface area contributed by atoms with Gasteiger partial charge in [-0.3, -0.25) is 28.8 Å². The molecule has 0 bridgehead atoms. The van der Waals surface area contributed by atoms with Crippen LogP contribution in [0, 0.1) is 46.3 Å². The predicted molar refractivity (Wildman–Crippen MR) is 398 cm³/mol. The van der Waals surface area contributed by atoms with Crippen molar-refractivity contribution in [2.24, 2.45) is 46.3 Å². The minimum atomic E-state index is -1.02. The van der Waals surface area contributed by atoms with E-state index in [1.165, 1.54) is 50.2 Å². The van der Waals surface area contributed by atoms with Crippen molar-refractivity contribution in [3.63, 3.8) is 0 Å². The molecule has 3 aromatic carbocycles. The summed E-state index contributed by atoms with van der Waals surface area (Å²) < 4.78 is 56.9. The summed E-state index contributed by atoms with van der Waals surface area (Å²) in [6.45, 7) is 22.0. The second kappa shape index (κ2) is 45.6. The number of allylic oxidation sites excluding steroid dienone is 1. The van der Waals surface area contributed by atoms with Gasteiger partial charge in [0.2, 0.25) is 0 Å². The van der Waals surface area contributed by atoms with Crippen LogP contribution in [0.25, 0.3) is 0 Å². The van der Waals surface area contributed by atoms with E-state index >= 15 is 0 Å². The molecule has 1 unspecified atom stereocenters. The number of rotatable bonds is 51. The number of ether oxygens (including phenoxy) is 10. The third-order valence-electron chi connectivity index (χ3n) is 21.6. The molecule has 0 radical (unpaired) electrons. The van der Waals surface area contributed by atoms with Crippen LogP contribution >= 0.6 is 0 Å². The lowest BCUT2D eigenvalue weighted by Crippen LogP contribution is -2.59. The second-order valence-corrected chi connectivity index (χ2v) is 30.3. The first-order valence-electron chi connectivity index (χ1n) is 38.6. The molecular weight excluding hydrogens is 1290 g/mol. The van der Waals surface area contributed by atoms with E-state index in [2.05, 4.69) is 113 Å². The van der Waals surface area contributed by atoms with Crippen LogP contribution < -0.4 is 14.2 Å². The van der Waals surface area contributed by atoms with Crippen molar-refractivity contribution >= 4 is 41.9 Å². The number of Topliss-reactive ketones (excluding diaryl/α,β-unsaturated/α-hetero) is 1. The van der Waals surface area contributed by atoms with Gasteiger partial charge < -0.3 is 52.2 Å². The normalized spacial score (nSPS) is 20.2.